The summed E-state index contributed by atoms with van der Waals surface area (Å²) in [5.74, 6) is -0.232. The molecule has 3 atom stereocenters. The molecule has 6 aromatic heterocycles. The molecule has 0 bridgehead atoms. The first-order chi connectivity index (χ1) is 45.9. The Morgan fingerprint density at radius 1 is 0.541 bits per heavy atom. The van der Waals surface area contributed by atoms with Gasteiger partial charge in [0.1, 0.15) is 23.5 Å². The van der Waals surface area contributed by atoms with Crippen molar-refractivity contribution in [1.82, 2.24) is 58.0 Å². The molecule has 98 heavy (non-hydrogen) atoms. The summed E-state index contributed by atoms with van der Waals surface area (Å²) in [5.41, 5.74) is 6.79. The summed E-state index contributed by atoms with van der Waals surface area (Å²) in [6.07, 6.45) is -4.65. The van der Waals surface area contributed by atoms with E-state index in [4.69, 9.17) is 34.8 Å². The van der Waals surface area contributed by atoms with Crippen molar-refractivity contribution < 1.29 is 59.0 Å². The SMILES string of the molecule is CCC[C@@H](C(=O)Cc1cnn(-c2ccc(Cl)c(C)c2)c1C(C)C)n1cc(C(F)(F)F)nc1C.Cc1cc(-n2ncc(CC(=O)[C@H](CCO)n3cc(C(F)(F)F)nc3C)c2C(C)C)ccc1Cl.Cc1cc(-n2ncc(N3CC[C@H](n4cc(C(F)(F)F)nc4C)C3=O)c2C(C)C)ccc1Cl. The first-order valence-electron chi connectivity index (χ1n) is 31.7. The Kier molecular flexibility index (Phi) is 23.6. The lowest BCUT2D eigenvalue weighted by Crippen LogP contribution is -2.29. The second kappa shape index (κ2) is 30.6. The quantitative estimate of drug-likeness (QED) is 0.0721. The predicted octanol–water partition coefficient (Wildman–Crippen LogP) is 17.3. The summed E-state index contributed by atoms with van der Waals surface area (Å²) in [7, 11) is 0. The number of aliphatic hydroxyl groups is 1. The number of rotatable bonds is 20. The fourth-order valence-corrected chi connectivity index (χ4v) is 12.5. The number of benzene rings is 3. The highest BCUT2D eigenvalue weighted by Crippen LogP contribution is 2.39. The van der Waals surface area contributed by atoms with E-state index in [-0.39, 0.29) is 78.6 Å². The summed E-state index contributed by atoms with van der Waals surface area (Å²) in [4.78, 5) is 52.3. The summed E-state index contributed by atoms with van der Waals surface area (Å²) in [6.45, 7) is 24.0. The van der Waals surface area contributed by atoms with Gasteiger partial charge in [-0.1, -0.05) is 89.7 Å². The average Bonchev–Trinajstić information content (AvgIpc) is 1.62. The van der Waals surface area contributed by atoms with E-state index in [1.54, 1.807) is 55.7 Å². The van der Waals surface area contributed by atoms with E-state index < -0.39 is 53.7 Å². The van der Waals surface area contributed by atoms with Crippen molar-refractivity contribution in [2.24, 2.45) is 0 Å². The van der Waals surface area contributed by atoms with Crippen molar-refractivity contribution >= 4 is 58.0 Å². The van der Waals surface area contributed by atoms with Crippen LogP contribution in [0.25, 0.3) is 17.1 Å². The smallest absolute Gasteiger partial charge is 0.396 e. The number of carbonyl (C=O) groups is 3. The molecule has 10 rings (SSSR count). The zero-order chi connectivity index (χ0) is 72.4. The number of ketones is 2. The minimum absolute atomic E-state index is 0.0190. The van der Waals surface area contributed by atoms with Crippen LogP contribution in [0.1, 0.15) is 189 Å². The van der Waals surface area contributed by atoms with Gasteiger partial charge in [0.2, 0.25) is 5.91 Å². The highest BCUT2D eigenvalue weighted by atomic mass is 35.5. The maximum absolute atomic E-state index is 13.3. The van der Waals surface area contributed by atoms with Crippen molar-refractivity contribution in [3.05, 3.63) is 186 Å². The van der Waals surface area contributed by atoms with E-state index >= 15 is 0 Å². The Morgan fingerprint density at radius 3 is 1.26 bits per heavy atom. The van der Waals surface area contributed by atoms with Crippen LogP contribution in [0.15, 0.2) is 91.8 Å². The number of alkyl halides is 9. The predicted molar refractivity (Wildman–Crippen MR) is 356 cm³/mol. The molecule has 9 aromatic rings. The van der Waals surface area contributed by atoms with Crippen LogP contribution in [-0.2, 0) is 45.8 Å². The van der Waals surface area contributed by atoms with Gasteiger partial charge in [0.05, 0.1) is 70.5 Å². The molecule has 0 spiro atoms. The number of aryl methyl sites for hydroxylation is 6. The van der Waals surface area contributed by atoms with Crippen molar-refractivity contribution in [2.45, 2.75) is 183 Å². The molecule has 526 valence electrons. The lowest BCUT2D eigenvalue weighted by atomic mass is 9.97. The molecule has 1 saturated heterocycles. The Labute approximate surface area is 576 Å². The summed E-state index contributed by atoms with van der Waals surface area (Å²) in [6, 6.07) is 14.3. The lowest BCUT2D eigenvalue weighted by Gasteiger charge is -2.20. The molecule has 1 aliphatic rings. The monoisotopic (exact) mass is 1430 g/mol. The second-order valence-electron chi connectivity index (χ2n) is 25.2. The highest BCUT2D eigenvalue weighted by molar-refractivity contribution is 6.32. The molecule has 1 aliphatic heterocycles. The molecule has 1 N–H and O–H groups in total. The summed E-state index contributed by atoms with van der Waals surface area (Å²) < 4.78 is 127. The lowest BCUT2D eigenvalue weighted by molar-refractivity contribution is -0.141. The van der Waals surface area contributed by atoms with Crippen molar-refractivity contribution in [3.8, 4) is 17.1 Å². The van der Waals surface area contributed by atoms with E-state index in [2.05, 4.69) is 30.2 Å². The molecule has 7 heterocycles. The van der Waals surface area contributed by atoms with Crippen LogP contribution >= 0.6 is 34.8 Å². The number of Topliss-reactive ketones (excluding diaryl/α,β-unsaturated/α-hetero) is 2. The van der Waals surface area contributed by atoms with Crippen LogP contribution in [0.4, 0.5) is 45.2 Å². The van der Waals surface area contributed by atoms with Crippen LogP contribution in [0.5, 0.6) is 0 Å². The van der Waals surface area contributed by atoms with Gasteiger partial charge < -0.3 is 23.7 Å². The largest absolute Gasteiger partial charge is 0.434 e. The number of hydrogen-bond acceptors (Lipinski definition) is 10. The van der Waals surface area contributed by atoms with Gasteiger partial charge >= 0.3 is 18.5 Å². The van der Waals surface area contributed by atoms with Crippen molar-refractivity contribution in [1.29, 1.82) is 0 Å². The van der Waals surface area contributed by atoms with E-state index in [1.165, 1.54) is 34.5 Å². The molecule has 3 aromatic carbocycles. The standard InChI is InChI=1S/C24H28ClF3N4O.C23H26ClF3N4O2.C22H23ClF3N5O/c1-6-7-20(31-13-22(24(26,27)28)30-16(31)5)21(33)11-17-12-29-32(23(17)14(2)3)18-8-9-19(25)15(4)10-18;1-13(2)22-16(11-28-31(22)17-5-6-18(24)14(3)9-17)10-20(33)19(7-8-32)30-12-21(23(25,26)27)29-15(30)4;1-12(2)20-18(10-27-31(20)15-5-6-16(23)13(3)9-15)29-8-7-17(21(29)32)30-11-19(22(24,25)26)28-14(30)4/h8-10,12-14,20H,6-7,11H2,1-5H3;5-6,9,11-13,19,32H,7-8,10H2,1-4H3;5-6,9-12,17H,7-8H2,1-4H3/t20-;19-;17-/m000/s1. The third-order valence-electron chi connectivity index (χ3n) is 16.9. The van der Waals surface area contributed by atoms with Crippen molar-refractivity contribution in [2.75, 3.05) is 18.1 Å². The number of anilines is 1. The number of halogens is 12. The Balaban J connectivity index is 0.000000188. The van der Waals surface area contributed by atoms with Gasteiger partial charge in [-0.15, -0.1) is 0 Å². The molecule has 29 heteroatoms. The molecular formula is C69H77Cl3F9N13O4. The van der Waals surface area contributed by atoms with Gasteiger partial charge in [-0.3, -0.25) is 14.4 Å². The first-order valence-corrected chi connectivity index (χ1v) is 32.9. The molecule has 1 amide bonds. The Morgan fingerprint density at radius 2 is 0.908 bits per heavy atom. The molecule has 0 unspecified atom stereocenters. The molecule has 0 aliphatic carbocycles. The fraction of sp³-hybridized carbons (Fsp3) is 0.435. The van der Waals surface area contributed by atoms with E-state index in [1.807, 2.05) is 106 Å². The number of hydrogen-bond donors (Lipinski definition) is 1. The van der Waals surface area contributed by atoms with Gasteiger partial charge in [0.15, 0.2) is 28.6 Å². The van der Waals surface area contributed by atoms with Gasteiger partial charge in [0.25, 0.3) is 0 Å². The third kappa shape index (κ3) is 16.8. The number of aliphatic hydroxyl groups excluding tert-OH is 1. The normalized spacial score (nSPS) is 14.4. The van der Waals surface area contributed by atoms with E-state index in [0.717, 1.165) is 75.0 Å². The maximum Gasteiger partial charge on any atom is 0.434 e. The van der Waals surface area contributed by atoms with Crippen LogP contribution in [-0.4, -0.2) is 93.7 Å². The van der Waals surface area contributed by atoms with Gasteiger partial charge in [-0.25, -0.2) is 29.0 Å². The molecule has 1 fully saturated rings. The van der Waals surface area contributed by atoms with Crippen LogP contribution in [0, 0.1) is 41.5 Å². The van der Waals surface area contributed by atoms with E-state index in [0.29, 0.717) is 52.1 Å². The number of carbonyl (C=O) groups excluding carboxylic acids is 3. The second-order valence-corrected chi connectivity index (χ2v) is 26.4. The fourth-order valence-electron chi connectivity index (χ4n) is 12.2. The zero-order valence-corrected chi connectivity index (χ0v) is 58.6. The molecule has 17 nitrogen and oxygen atoms in total. The van der Waals surface area contributed by atoms with Crippen LogP contribution < -0.4 is 4.90 Å². The van der Waals surface area contributed by atoms with Crippen molar-refractivity contribution in [3.63, 3.8) is 0 Å². The molecular weight excluding hydrogens is 1350 g/mol. The average molecular weight is 1430 g/mol. The summed E-state index contributed by atoms with van der Waals surface area (Å²) >= 11 is 18.4. The number of nitrogens with zero attached hydrogens (tertiary/aromatic N) is 13. The number of imidazole rings is 3. The van der Waals surface area contributed by atoms with E-state index in [9.17, 15) is 59.0 Å². The minimum Gasteiger partial charge on any atom is -0.396 e. The van der Waals surface area contributed by atoms with Gasteiger partial charge in [0, 0.05) is 70.8 Å². The van der Waals surface area contributed by atoms with Gasteiger partial charge in [-0.2, -0.15) is 54.8 Å². The van der Waals surface area contributed by atoms with Crippen LogP contribution in [0.2, 0.25) is 15.1 Å². The summed E-state index contributed by atoms with van der Waals surface area (Å²) in [5, 5.41) is 24.9. The minimum atomic E-state index is -4.62. The van der Waals surface area contributed by atoms with Gasteiger partial charge in [-0.05, 0) is 150 Å². The number of aromatic nitrogens is 12. The molecule has 0 saturated carbocycles. The molecule has 0 radical (unpaired) electrons. The Bertz CT molecular complexity index is 4160. The first kappa shape index (κ1) is 75.7. The number of amides is 1. The highest BCUT2D eigenvalue weighted by Gasteiger charge is 2.42. The Hall–Kier alpha value is -8.07. The third-order valence-corrected chi connectivity index (χ3v) is 18.2. The topological polar surface area (TPSA) is 182 Å². The van der Waals surface area contributed by atoms with Crippen LogP contribution in [0.3, 0.4) is 0 Å². The zero-order valence-electron chi connectivity index (χ0n) is 56.3. The maximum atomic E-state index is 13.3.